The normalized spacial score (nSPS) is 17.8. The molecule has 0 radical (unpaired) electrons. The number of pyridine rings is 1. The zero-order chi connectivity index (χ0) is 17.8. The van der Waals surface area contributed by atoms with Crippen LogP contribution < -0.4 is 0 Å². The third-order valence-corrected chi connectivity index (χ3v) is 5.62. The molecule has 1 aromatic carbocycles. The standard InChI is InChI=1S/C22H27N3O/c26-22(15-18-7-8-20-5-1-2-6-21(20)14-18)25-12-10-24(11-13-25)17-19-4-3-9-23-16-19/h3-4,7-9,14,16H,1-2,5-6,10-13,15,17H2. The van der Waals surface area contributed by atoms with Crippen LogP contribution in [0.3, 0.4) is 0 Å². The van der Waals surface area contributed by atoms with E-state index in [1.807, 2.05) is 17.2 Å². The highest BCUT2D eigenvalue weighted by Gasteiger charge is 2.21. The Hall–Kier alpha value is -2.20. The van der Waals surface area contributed by atoms with Gasteiger partial charge in [-0.3, -0.25) is 14.7 Å². The van der Waals surface area contributed by atoms with Crippen LogP contribution in [0.5, 0.6) is 0 Å². The Balaban J connectivity index is 1.30. The SMILES string of the molecule is O=C(Cc1ccc2c(c1)CCCC2)N1CCN(Cc2cccnc2)CC1. The summed E-state index contributed by atoms with van der Waals surface area (Å²) in [5.41, 5.74) is 5.36. The summed E-state index contributed by atoms with van der Waals surface area (Å²) in [5.74, 6) is 0.266. The third kappa shape index (κ3) is 4.13. The zero-order valence-electron chi connectivity index (χ0n) is 15.4. The van der Waals surface area contributed by atoms with Crippen LogP contribution >= 0.6 is 0 Å². The fourth-order valence-corrected chi connectivity index (χ4v) is 4.09. The second-order valence-electron chi connectivity index (χ2n) is 7.51. The first-order chi connectivity index (χ1) is 12.8. The van der Waals surface area contributed by atoms with E-state index in [4.69, 9.17) is 0 Å². The van der Waals surface area contributed by atoms with Crippen LogP contribution in [0.25, 0.3) is 0 Å². The van der Waals surface area contributed by atoms with Crippen molar-refractivity contribution in [3.05, 3.63) is 65.0 Å². The van der Waals surface area contributed by atoms with E-state index in [1.165, 1.54) is 47.9 Å². The Morgan fingerprint density at radius 3 is 2.54 bits per heavy atom. The number of rotatable bonds is 4. The van der Waals surface area contributed by atoms with Gasteiger partial charge < -0.3 is 4.90 Å². The largest absolute Gasteiger partial charge is 0.340 e. The Kier molecular flexibility index (Phi) is 5.30. The smallest absolute Gasteiger partial charge is 0.227 e. The minimum Gasteiger partial charge on any atom is -0.340 e. The lowest BCUT2D eigenvalue weighted by molar-refractivity contribution is -0.132. The first-order valence-electron chi connectivity index (χ1n) is 9.78. The summed E-state index contributed by atoms with van der Waals surface area (Å²) in [6.07, 6.45) is 9.22. The van der Waals surface area contributed by atoms with Gasteiger partial charge in [-0.2, -0.15) is 0 Å². The number of fused-ring (bicyclic) bond motifs is 1. The number of nitrogens with zero attached hydrogens (tertiary/aromatic N) is 3. The Bertz CT molecular complexity index is 751. The van der Waals surface area contributed by atoms with Crippen molar-refractivity contribution in [2.24, 2.45) is 0 Å². The Morgan fingerprint density at radius 1 is 0.962 bits per heavy atom. The fourth-order valence-electron chi connectivity index (χ4n) is 4.09. The molecular weight excluding hydrogens is 322 g/mol. The van der Waals surface area contributed by atoms with Gasteiger partial charge in [0.15, 0.2) is 0 Å². The van der Waals surface area contributed by atoms with Crippen molar-refractivity contribution in [2.45, 2.75) is 38.6 Å². The third-order valence-electron chi connectivity index (χ3n) is 5.62. The van der Waals surface area contributed by atoms with Crippen molar-refractivity contribution in [1.29, 1.82) is 0 Å². The van der Waals surface area contributed by atoms with Gasteiger partial charge >= 0.3 is 0 Å². The molecule has 1 amide bonds. The van der Waals surface area contributed by atoms with Crippen LogP contribution in [-0.2, 0) is 30.6 Å². The summed E-state index contributed by atoms with van der Waals surface area (Å²) >= 11 is 0. The van der Waals surface area contributed by atoms with E-state index in [2.05, 4.69) is 34.1 Å². The molecule has 0 saturated carbocycles. The molecule has 4 rings (SSSR count). The molecule has 0 N–H and O–H groups in total. The first-order valence-corrected chi connectivity index (χ1v) is 9.78. The molecule has 26 heavy (non-hydrogen) atoms. The van der Waals surface area contributed by atoms with Gasteiger partial charge in [-0.15, -0.1) is 0 Å². The molecule has 1 saturated heterocycles. The molecule has 0 unspecified atom stereocenters. The summed E-state index contributed by atoms with van der Waals surface area (Å²) in [6.45, 7) is 4.43. The molecule has 2 aliphatic rings. The first kappa shape index (κ1) is 17.2. The quantitative estimate of drug-likeness (QED) is 0.852. The average molecular weight is 349 g/mol. The monoisotopic (exact) mass is 349 g/mol. The van der Waals surface area contributed by atoms with Gasteiger partial charge in [0.05, 0.1) is 6.42 Å². The summed E-state index contributed by atoms with van der Waals surface area (Å²) < 4.78 is 0. The molecule has 0 bridgehead atoms. The zero-order valence-corrected chi connectivity index (χ0v) is 15.4. The minimum absolute atomic E-state index is 0.266. The van der Waals surface area contributed by atoms with Crippen molar-refractivity contribution in [1.82, 2.24) is 14.8 Å². The molecule has 2 aromatic rings. The highest BCUT2D eigenvalue weighted by Crippen LogP contribution is 2.22. The number of carbonyl (C=O) groups excluding carboxylic acids is 1. The maximum atomic E-state index is 12.7. The van der Waals surface area contributed by atoms with Crippen molar-refractivity contribution in [2.75, 3.05) is 26.2 Å². The second-order valence-corrected chi connectivity index (χ2v) is 7.51. The number of benzene rings is 1. The summed E-state index contributed by atoms with van der Waals surface area (Å²) in [7, 11) is 0. The molecular formula is C22H27N3O. The van der Waals surface area contributed by atoms with E-state index in [9.17, 15) is 4.79 Å². The fraction of sp³-hybridized carbons (Fsp3) is 0.455. The Labute approximate surface area is 155 Å². The molecule has 1 aliphatic carbocycles. The van der Waals surface area contributed by atoms with Gasteiger partial charge in [-0.25, -0.2) is 0 Å². The summed E-state index contributed by atoms with van der Waals surface area (Å²) in [4.78, 5) is 21.3. The van der Waals surface area contributed by atoms with Gasteiger partial charge in [0.25, 0.3) is 0 Å². The van der Waals surface area contributed by atoms with Crippen LogP contribution in [0.2, 0.25) is 0 Å². The van der Waals surface area contributed by atoms with Crippen LogP contribution in [0.1, 0.15) is 35.1 Å². The van der Waals surface area contributed by atoms with Crippen LogP contribution in [0.4, 0.5) is 0 Å². The minimum atomic E-state index is 0.266. The van der Waals surface area contributed by atoms with E-state index in [0.29, 0.717) is 6.42 Å². The van der Waals surface area contributed by atoms with Crippen LogP contribution in [0.15, 0.2) is 42.7 Å². The van der Waals surface area contributed by atoms with Crippen molar-refractivity contribution in [3.63, 3.8) is 0 Å². The second kappa shape index (κ2) is 8.00. The molecule has 0 atom stereocenters. The number of aromatic nitrogens is 1. The van der Waals surface area contributed by atoms with E-state index in [0.717, 1.165) is 32.7 Å². The molecule has 4 nitrogen and oxygen atoms in total. The number of aryl methyl sites for hydroxylation is 2. The highest BCUT2D eigenvalue weighted by atomic mass is 16.2. The summed E-state index contributed by atoms with van der Waals surface area (Å²) in [6, 6.07) is 10.8. The van der Waals surface area contributed by atoms with Gasteiger partial charge in [0.2, 0.25) is 5.91 Å². The highest BCUT2D eigenvalue weighted by molar-refractivity contribution is 5.79. The lowest BCUT2D eigenvalue weighted by Gasteiger charge is -2.34. The van der Waals surface area contributed by atoms with Gasteiger partial charge in [-0.05, 0) is 54.0 Å². The van der Waals surface area contributed by atoms with Gasteiger partial charge in [0, 0.05) is 45.1 Å². The molecule has 136 valence electrons. The molecule has 1 fully saturated rings. The Morgan fingerprint density at radius 2 is 1.77 bits per heavy atom. The molecule has 4 heteroatoms. The van der Waals surface area contributed by atoms with Crippen LogP contribution in [0, 0.1) is 0 Å². The predicted molar refractivity (Wildman–Crippen MR) is 103 cm³/mol. The topological polar surface area (TPSA) is 36.4 Å². The summed E-state index contributed by atoms with van der Waals surface area (Å²) in [5, 5.41) is 0. The van der Waals surface area contributed by atoms with Gasteiger partial charge in [0.1, 0.15) is 0 Å². The number of hydrogen-bond acceptors (Lipinski definition) is 3. The maximum absolute atomic E-state index is 12.7. The number of piperazine rings is 1. The van der Waals surface area contributed by atoms with Crippen molar-refractivity contribution >= 4 is 5.91 Å². The lowest BCUT2D eigenvalue weighted by atomic mass is 9.90. The van der Waals surface area contributed by atoms with Crippen LogP contribution in [-0.4, -0.2) is 46.9 Å². The average Bonchev–Trinajstić information content (AvgIpc) is 2.69. The van der Waals surface area contributed by atoms with Crippen molar-refractivity contribution in [3.8, 4) is 0 Å². The molecule has 1 aromatic heterocycles. The van der Waals surface area contributed by atoms with E-state index in [-0.39, 0.29) is 5.91 Å². The molecule has 0 spiro atoms. The van der Waals surface area contributed by atoms with Crippen molar-refractivity contribution < 1.29 is 4.79 Å². The molecule has 2 heterocycles. The number of hydrogen-bond donors (Lipinski definition) is 0. The van der Waals surface area contributed by atoms with E-state index in [1.54, 1.807) is 6.20 Å². The lowest BCUT2D eigenvalue weighted by Crippen LogP contribution is -2.48. The number of carbonyl (C=O) groups is 1. The van der Waals surface area contributed by atoms with E-state index < -0.39 is 0 Å². The van der Waals surface area contributed by atoms with Gasteiger partial charge in [-0.1, -0.05) is 24.3 Å². The van der Waals surface area contributed by atoms with E-state index >= 15 is 0 Å². The number of amides is 1. The molecule has 1 aliphatic heterocycles. The maximum Gasteiger partial charge on any atom is 0.227 e. The predicted octanol–water partition coefficient (Wildman–Crippen LogP) is 2.85.